The highest BCUT2D eigenvalue weighted by atomic mass is 35.5. The number of aryl methyl sites for hydroxylation is 1. The van der Waals surface area contributed by atoms with Gasteiger partial charge in [-0.2, -0.15) is 5.10 Å². The fourth-order valence-electron chi connectivity index (χ4n) is 1.08. The molecule has 2 nitrogen and oxygen atoms in total. The summed E-state index contributed by atoms with van der Waals surface area (Å²) in [6.45, 7) is 1.97. The summed E-state index contributed by atoms with van der Waals surface area (Å²) in [5, 5.41) is 8.56. The van der Waals surface area contributed by atoms with Crippen molar-refractivity contribution in [1.29, 1.82) is 0 Å². The molecule has 0 fully saturated rings. The van der Waals surface area contributed by atoms with E-state index in [0.29, 0.717) is 0 Å². The van der Waals surface area contributed by atoms with E-state index in [0.717, 1.165) is 21.5 Å². The van der Waals surface area contributed by atoms with Crippen molar-refractivity contribution in [2.24, 2.45) is 0 Å². The van der Waals surface area contributed by atoms with Gasteiger partial charge in [0.05, 0.1) is 16.7 Å². The molecule has 0 radical (unpaired) electrons. The second kappa shape index (κ2) is 2.24. The van der Waals surface area contributed by atoms with Crippen molar-refractivity contribution in [3.63, 3.8) is 0 Å². The Bertz CT molecular complexity index is 392. The van der Waals surface area contributed by atoms with Gasteiger partial charge in [-0.25, -0.2) is 0 Å². The summed E-state index contributed by atoms with van der Waals surface area (Å²) < 4.78 is 0. The first-order chi connectivity index (χ1) is 5.29. The van der Waals surface area contributed by atoms with E-state index in [1.807, 2.05) is 19.1 Å². The van der Waals surface area contributed by atoms with Crippen LogP contribution in [0.25, 0.3) is 10.9 Å². The number of nitrogens with zero attached hydrogens (tertiary/aromatic N) is 1. The van der Waals surface area contributed by atoms with Gasteiger partial charge in [0.25, 0.3) is 0 Å². The highest BCUT2D eigenvalue weighted by Crippen LogP contribution is 2.23. The van der Waals surface area contributed by atoms with E-state index in [4.69, 9.17) is 11.6 Å². The quantitative estimate of drug-likeness (QED) is 0.640. The van der Waals surface area contributed by atoms with Crippen LogP contribution >= 0.6 is 11.6 Å². The minimum atomic E-state index is 0.764. The lowest BCUT2D eigenvalue weighted by atomic mass is 10.2. The Hall–Kier alpha value is -1.02. The molecule has 2 rings (SSSR count). The van der Waals surface area contributed by atoms with Crippen LogP contribution in [0.15, 0.2) is 18.3 Å². The molecule has 56 valence electrons. The monoisotopic (exact) mass is 166 g/mol. The van der Waals surface area contributed by atoms with Gasteiger partial charge in [0.1, 0.15) is 0 Å². The molecule has 0 unspecified atom stereocenters. The molecule has 0 aliphatic heterocycles. The van der Waals surface area contributed by atoms with Crippen LogP contribution in [0.2, 0.25) is 5.02 Å². The first-order valence-electron chi connectivity index (χ1n) is 3.37. The maximum atomic E-state index is 6.00. The van der Waals surface area contributed by atoms with Crippen LogP contribution in [0, 0.1) is 6.92 Å². The minimum absolute atomic E-state index is 0.764. The maximum Gasteiger partial charge on any atom is 0.0839 e. The Labute approximate surface area is 69.2 Å². The van der Waals surface area contributed by atoms with Crippen molar-refractivity contribution in [2.45, 2.75) is 6.92 Å². The van der Waals surface area contributed by atoms with Gasteiger partial charge >= 0.3 is 0 Å². The van der Waals surface area contributed by atoms with Crippen LogP contribution in [-0.4, -0.2) is 10.2 Å². The molecule has 1 aromatic carbocycles. The van der Waals surface area contributed by atoms with E-state index in [1.54, 1.807) is 6.20 Å². The van der Waals surface area contributed by atoms with Gasteiger partial charge in [-0.05, 0) is 12.5 Å². The van der Waals surface area contributed by atoms with Crippen molar-refractivity contribution in [3.8, 4) is 0 Å². The lowest BCUT2D eigenvalue weighted by Gasteiger charge is -1.96. The van der Waals surface area contributed by atoms with Gasteiger partial charge in [0.2, 0.25) is 0 Å². The molecule has 3 heteroatoms. The van der Waals surface area contributed by atoms with Crippen molar-refractivity contribution >= 4 is 22.5 Å². The number of nitrogens with one attached hydrogen (secondary N) is 1. The Morgan fingerprint density at radius 2 is 2.27 bits per heavy atom. The Morgan fingerprint density at radius 1 is 1.45 bits per heavy atom. The number of fused-ring (bicyclic) bond motifs is 1. The molecule has 0 saturated carbocycles. The van der Waals surface area contributed by atoms with Gasteiger partial charge in [0.15, 0.2) is 0 Å². The molecule has 2 aromatic rings. The SMILES string of the molecule is Cc1ccc2cn[nH]c2c1Cl. The first-order valence-corrected chi connectivity index (χ1v) is 3.75. The van der Waals surface area contributed by atoms with Crippen molar-refractivity contribution in [3.05, 3.63) is 28.9 Å². The third-order valence-corrected chi connectivity index (χ3v) is 2.23. The summed E-state index contributed by atoms with van der Waals surface area (Å²) in [5.74, 6) is 0. The molecule has 0 amide bonds. The average molecular weight is 167 g/mol. The van der Waals surface area contributed by atoms with E-state index >= 15 is 0 Å². The Balaban J connectivity index is 2.93. The number of rotatable bonds is 0. The van der Waals surface area contributed by atoms with E-state index in [9.17, 15) is 0 Å². The number of hydrogen-bond donors (Lipinski definition) is 1. The molecule has 1 N–H and O–H groups in total. The zero-order valence-electron chi connectivity index (χ0n) is 6.06. The molecule has 0 aliphatic rings. The van der Waals surface area contributed by atoms with Crippen LogP contribution in [-0.2, 0) is 0 Å². The van der Waals surface area contributed by atoms with E-state index < -0.39 is 0 Å². The Kier molecular flexibility index (Phi) is 1.36. The van der Waals surface area contributed by atoms with Gasteiger partial charge < -0.3 is 0 Å². The van der Waals surface area contributed by atoms with Crippen LogP contribution in [0.3, 0.4) is 0 Å². The summed E-state index contributed by atoms with van der Waals surface area (Å²) in [6.07, 6.45) is 1.76. The van der Waals surface area contributed by atoms with Crippen molar-refractivity contribution in [2.75, 3.05) is 0 Å². The predicted octanol–water partition coefficient (Wildman–Crippen LogP) is 2.52. The largest absolute Gasteiger partial charge is 0.276 e. The molecule has 0 spiro atoms. The molecule has 1 aromatic heterocycles. The maximum absolute atomic E-state index is 6.00. The molecular formula is C8H7ClN2. The van der Waals surface area contributed by atoms with E-state index in [-0.39, 0.29) is 0 Å². The number of aromatic amines is 1. The van der Waals surface area contributed by atoms with Crippen LogP contribution in [0.5, 0.6) is 0 Å². The van der Waals surface area contributed by atoms with Gasteiger partial charge in [-0.15, -0.1) is 0 Å². The number of halogens is 1. The fourth-order valence-corrected chi connectivity index (χ4v) is 1.30. The molecule has 1 heterocycles. The second-order valence-corrected chi connectivity index (χ2v) is 2.91. The predicted molar refractivity (Wildman–Crippen MR) is 45.8 cm³/mol. The Morgan fingerprint density at radius 3 is 3.09 bits per heavy atom. The van der Waals surface area contributed by atoms with Gasteiger partial charge in [-0.1, -0.05) is 23.7 Å². The van der Waals surface area contributed by atoms with Crippen molar-refractivity contribution in [1.82, 2.24) is 10.2 Å². The summed E-state index contributed by atoms with van der Waals surface area (Å²) in [6, 6.07) is 3.99. The number of aromatic nitrogens is 2. The highest BCUT2D eigenvalue weighted by Gasteiger charge is 2.01. The number of hydrogen-bond acceptors (Lipinski definition) is 1. The standard InChI is InChI=1S/C8H7ClN2/c1-5-2-3-6-4-10-11-8(6)7(5)9/h2-4H,1H3,(H,10,11). The minimum Gasteiger partial charge on any atom is -0.276 e. The third kappa shape index (κ3) is 0.906. The second-order valence-electron chi connectivity index (χ2n) is 2.53. The summed E-state index contributed by atoms with van der Waals surface area (Å²) in [7, 11) is 0. The van der Waals surface area contributed by atoms with Crippen LogP contribution in [0.4, 0.5) is 0 Å². The summed E-state index contributed by atoms with van der Waals surface area (Å²) >= 11 is 6.00. The number of H-pyrrole nitrogens is 1. The smallest absolute Gasteiger partial charge is 0.0839 e. The normalized spacial score (nSPS) is 10.7. The zero-order chi connectivity index (χ0) is 7.84. The van der Waals surface area contributed by atoms with Crippen molar-refractivity contribution < 1.29 is 0 Å². The van der Waals surface area contributed by atoms with E-state index in [2.05, 4.69) is 10.2 Å². The topological polar surface area (TPSA) is 28.7 Å². The molecule has 0 aliphatic carbocycles. The summed E-state index contributed by atoms with van der Waals surface area (Å²) in [5.41, 5.74) is 2.00. The third-order valence-electron chi connectivity index (χ3n) is 1.75. The highest BCUT2D eigenvalue weighted by molar-refractivity contribution is 6.35. The molecule has 11 heavy (non-hydrogen) atoms. The first kappa shape index (κ1) is 6.68. The zero-order valence-corrected chi connectivity index (χ0v) is 6.81. The molecular weight excluding hydrogens is 160 g/mol. The lowest BCUT2D eigenvalue weighted by Crippen LogP contribution is -1.76. The molecule has 0 saturated heterocycles. The molecule has 0 bridgehead atoms. The van der Waals surface area contributed by atoms with Gasteiger partial charge in [0, 0.05) is 5.39 Å². The van der Waals surface area contributed by atoms with Crippen LogP contribution < -0.4 is 0 Å². The summed E-state index contributed by atoms with van der Waals surface area (Å²) in [4.78, 5) is 0. The van der Waals surface area contributed by atoms with Gasteiger partial charge in [-0.3, -0.25) is 5.10 Å². The average Bonchev–Trinajstić information content (AvgIpc) is 2.45. The van der Waals surface area contributed by atoms with Crippen LogP contribution in [0.1, 0.15) is 5.56 Å². The van der Waals surface area contributed by atoms with E-state index in [1.165, 1.54) is 0 Å². The molecule has 0 atom stereocenters. The fraction of sp³-hybridized carbons (Fsp3) is 0.125. The number of benzene rings is 1. The lowest BCUT2D eigenvalue weighted by molar-refractivity contribution is 1.12.